The molecule has 2 rings (SSSR count). The lowest BCUT2D eigenvalue weighted by atomic mass is 9.89. The van der Waals surface area contributed by atoms with Crippen LogP contribution in [-0.2, 0) is 6.42 Å². The van der Waals surface area contributed by atoms with E-state index in [1.807, 2.05) is 0 Å². The molecular weight excluding hydrogens is 218 g/mol. The Bertz CT molecular complexity index is 539. The van der Waals surface area contributed by atoms with E-state index >= 15 is 0 Å². The van der Waals surface area contributed by atoms with Crippen LogP contribution in [-0.4, -0.2) is 0 Å². The molecule has 18 heavy (non-hydrogen) atoms. The highest BCUT2D eigenvalue weighted by Crippen LogP contribution is 2.29. The lowest BCUT2D eigenvalue weighted by Gasteiger charge is -2.18. The molecule has 0 aromatic heterocycles. The number of hydrogen-bond donors (Lipinski definition) is 1. The Morgan fingerprint density at radius 2 is 1.28 bits per heavy atom. The molecule has 2 aromatic carbocycles. The first kappa shape index (κ1) is 12.7. The standard InChI is InChI=1S/C17H21N/c1-11-13(3)17(18)14(4)12(2)16(11)10-15-8-6-5-7-9-15/h5-9H,10,18H2,1-4H3. The molecule has 94 valence electrons. The van der Waals surface area contributed by atoms with Crippen molar-refractivity contribution in [1.29, 1.82) is 0 Å². The van der Waals surface area contributed by atoms with Crippen LogP contribution in [0.4, 0.5) is 5.69 Å². The highest BCUT2D eigenvalue weighted by Gasteiger charge is 2.12. The predicted octanol–water partition coefficient (Wildman–Crippen LogP) is 4.09. The van der Waals surface area contributed by atoms with Crippen LogP contribution in [0.3, 0.4) is 0 Å². The second-order valence-corrected chi connectivity index (χ2v) is 5.05. The maximum atomic E-state index is 6.15. The molecule has 0 aliphatic rings. The molecule has 0 radical (unpaired) electrons. The molecule has 1 heteroatoms. The van der Waals surface area contributed by atoms with E-state index < -0.39 is 0 Å². The summed E-state index contributed by atoms with van der Waals surface area (Å²) < 4.78 is 0. The molecule has 0 saturated carbocycles. The summed E-state index contributed by atoms with van der Waals surface area (Å²) >= 11 is 0. The molecule has 0 amide bonds. The van der Waals surface area contributed by atoms with Gasteiger partial charge in [-0.3, -0.25) is 0 Å². The van der Waals surface area contributed by atoms with Crippen LogP contribution in [0.25, 0.3) is 0 Å². The second-order valence-electron chi connectivity index (χ2n) is 5.05. The fourth-order valence-electron chi connectivity index (χ4n) is 2.48. The van der Waals surface area contributed by atoms with Crippen molar-refractivity contribution in [3.8, 4) is 0 Å². The van der Waals surface area contributed by atoms with E-state index in [4.69, 9.17) is 5.73 Å². The van der Waals surface area contributed by atoms with Gasteiger partial charge < -0.3 is 5.73 Å². The van der Waals surface area contributed by atoms with Crippen LogP contribution < -0.4 is 5.73 Å². The summed E-state index contributed by atoms with van der Waals surface area (Å²) in [6.07, 6.45) is 0.987. The highest BCUT2D eigenvalue weighted by molar-refractivity contribution is 5.62. The normalized spacial score (nSPS) is 10.7. The van der Waals surface area contributed by atoms with Crippen molar-refractivity contribution in [1.82, 2.24) is 0 Å². The second kappa shape index (κ2) is 4.85. The number of nitrogen functional groups attached to an aromatic ring is 1. The van der Waals surface area contributed by atoms with E-state index in [0.717, 1.165) is 12.1 Å². The van der Waals surface area contributed by atoms with Crippen LogP contribution in [0.2, 0.25) is 0 Å². The Kier molecular flexibility index (Phi) is 3.42. The number of nitrogens with two attached hydrogens (primary N) is 1. The Balaban J connectivity index is 2.52. The van der Waals surface area contributed by atoms with Crippen LogP contribution in [0.15, 0.2) is 30.3 Å². The average Bonchev–Trinajstić information content (AvgIpc) is 2.40. The number of hydrogen-bond acceptors (Lipinski definition) is 1. The maximum Gasteiger partial charge on any atom is 0.0378 e. The van der Waals surface area contributed by atoms with E-state index in [1.165, 1.54) is 33.4 Å². The number of rotatable bonds is 2. The zero-order valence-electron chi connectivity index (χ0n) is 11.7. The molecule has 0 aliphatic heterocycles. The van der Waals surface area contributed by atoms with Gasteiger partial charge in [0, 0.05) is 5.69 Å². The fourth-order valence-corrected chi connectivity index (χ4v) is 2.48. The SMILES string of the molecule is Cc1c(C)c(Cc2ccccc2)c(C)c(C)c1N. The predicted molar refractivity (Wildman–Crippen MR) is 79.1 cm³/mol. The van der Waals surface area contributed by atoms with Gasteiger partial charge in [0.2, 0.25) is 0 Å². The quantitative estimate of drug-likeness (QED) is 0.785. The molecular formula is C17H21N. The molecule has 0 heterocycles. The first-order valence-corrected chi connectivity index (χ1v) is 6.41. The topological polar surface area (TPSA) is 26.0 Å². The monoisotopic (exact) mass is 239 g/mol. The van der Waals surface area contributed by atoms with Gasteiger partial charge in [-0.25, -0.2) is 0 Å². The Labute approximate surface area is 110 Å². The van der Waals surface area contributed by atoms with Gasteiger partial charge in [0.15, 0.2) is 0 Å². The first-order valence-electron chi connectivity index (χ1n) is 6.41. The van der Waals surface area contributed by atoms with Crippen LogP contribution in [0, 0.1) is 27.7 Å². The van der Waals surface area contributed by atoms with Crippen molar-refractivity contribution >= 4 is 5.69 Å². The molecule has 0 fully saturated rings. The molecule has 0 unspecified atom stereocenters. The third kappa shape index (κ3) is 2.13. The van der Waals surface area contributed by atoms with Crippen molar-refractivity contribution in [2.24, 2.45) is 0 Å². The van der Waals surface area contributed by atoms with Crippen molar-refractivity contribution in [2.75, 3.05) is 5.73 Å². The van der Waals surface area contributed by atoms with Gasteiger partial charge in [0.1, 0.15) is 0 Å². The van der Waals surface area contributed by atoms with Gasteiger partial charge in [0.05, 0.1) is 0 Å². The van der Waals surface area contributed by atoms with Gasteiger partial charge in [-0.1, -0.05) is 30.3 Å². The highest BCUT2D eigenvalue weighted by atomic mass is 14.6. The minimum Gasteiger partial charge on any atom is -0.398 e. The zero-order chi connectivity index (χ0) is 13.3. The van der Waals surface area contributed by atoms with Gasteiger partial charge in [0.25, 0.3) is 0 Å². The average molecular weight is 239 g/mol. The number of benzene rings is 2. The zero-order valence-corrected chi connectivity index (χ0v) is 11.7. The summed E-state index contributed by atoms with van der Waals surface area (Å²) in [4.78, 5) is 0. The molecule has 0 aliphatic carbocycles. The lowest BCUT2D eigenvalue weighted by molar-refractivity contribution is 1.09. The summed E-state index contributed by atoms with van der Waals surface area (Å²) in [6.45, 7) is 8.59. The molecule has 0 spiro atoms. The maximum absolute atomic E-state index is 6.15. The summed E-state index contributed by atoms with van der Waals surface area (Å²) in [5, 5.41) is 0. The van der Waals surface area contributed by atoms with Crippen molar-refractivity contribution in [3.05, 3.63) is 63.7 Å². The minimum atomic E-state index is 0.946. The van der Waals surface area contributed by atoms with Gasteiger partial charge in [-0.05, 0) is 67.5 Å². The molecule has 1 nitrogen and oxygen atoms in total. The Hall–Kier alpha value is -1.76. The summed E-state index contributed by atoms with van der Waals surface area (Å²) in [5.74, 6) is 0. The summed E-state index contributed by atoms with van der Waals surface area (Å²) in [6, 6.07) is 10.6. The van der Waals surface area contributed by atoms with E-state index in [9.17, 15) is 0 Å². The van der Waals surface area contributed by atoms with Crippen molar-refractivity contribution < 1.29 is 0 Å². The molecule has 0 saturated heterocycles. The number of anilines is 1. The summed E-state index contributed by atoms with van der Waals surface area (Å²) in [7, 11) is 0. The van der Waals surface area contributed by atoms with Gasteiger partial charge >= 0.3 is 0 Å². The van der Waals surface area contributed by atoms with E-state index in [0.29, 0.717) is 0 Å². The molecule has 2 aromatic rings. The molecule has 2 N–H and O–H groups in total. The van der Waals surface area contributed by atoms with Crippen LogP contribution >= 0.6 is 0 Å². The third-order valence-corrected chi connectivity index (χ3v) is 4.06. The third-order valence-electron chi connectivity index (χ3n) is 4.06. The van der Waals surface area contributed by atoms with Crippen molar-refractivity contribution in [2.45, 2.75) is 34.1 Å². The molecule has 0 bridgehead atoms. The lowest BCUT2D eigenvalue weighted by Crippen LogP contribution is -2.05. The van der Waals surface area contributed by atoms with Crippen molar-refractivity contribution in [3.63, 3.8) is 0 Å². The molecule has 0 atom stereocenters. The van der Waals surface area contributed by atoms with E-state index in [-0.39, 0.29) is 0 Å². The van der Waals surface area contributed by atoms with Gasteiger partial charge in [-0.2, -0.15) is 0 Å². The Morgan fingerprint density at radius 1 is 0.778 bits per heavy atom. The fraction of sp³-hybridized carbons (Fsp3) is 0.294. The van der Waals surface area contributed by atoms with Gasteiger partial charge in [-0.15, -0.1) is 0 Å². The minimum absolute atomic E-state index is 0.946. The Morgan fingerprint density at radius 3 is 1.78 bits per heavy atom. The van der Waals surface area contributed by atoms with E-state index in [2.05, 4.69) is 58.0 Å². The first-order chi connectivity index (χ1) is 8.52. The van der Waals surface area contributed by atoms with E-state index in [1.54, 1.807) is 0 Å². The largest absolute Gasteiger partial charge is 0.398 e. The summed E-state index contributed by atoms with van der Waals surface area (Å²) in [5.41, 5.74) is 15.0. The van der Waals surface area contributed by atoms with Crippen LogP contribution in [0.1, 0.15) is 33.4 Å². The smallest absolute Gasteiger partial charge is 0.0378 e. The van der Waals surface area contributed by atoms with Crippen LogP contribution in [0.5, 0.6) is 0 Å².